The first-order valence-corrected chi connectivity index (χ1v) is 12.9. The average Bonchev–Trinajstić information content (AvgIpc) is 2.85. The summed E-state index contributed by atoms with van der Waals surface area (Å²) in [7, 11) is 1.69. The van der Waals surface area contributed by atoms with Crippen LogP contribution in [0.2, 0.25) is 0 Å². The topological polar surface area (TPSA) is 50.4 Å². The Labute approximate surface area is 201 Å². The molecule has 4 heteroatoms. The summed E-state index contributed by atoms with van der Waals surface area (Å²) in [6.45, 7) is 4.72. The number of nitrogens with one attached hydrogen (secondary N) is 2. The van der Waals surface area contributed by atoms with Crippen molar-refractivity contribution >= 4 is 5.91 Å². The number of methoxy groups -OCH3 is 1. The zero-order valence-electron chi connectivity index (χ0n) is 20.8. The van der Waals surface area contributed by atoms with Gasteiger partial charge in [-0.1, -0.05) is 89.0 Å². The zero-order chi connectivity index (χ0) is 23.6. The quantitative estimate of drug-likeness (QED) is 0.248. The Kier molecular flexibility index (Phi) is 14.0. The standard InChI is InChI=1S/C29H44N2O2/c1-3-4-5-6-7-8-9-10-11-12-21-31-29(32)27-18-16-26(17-19-27)24-30-22-20-25-14-13-15-28(23-25)33-2/h13-19,23,30H,3-12,20-22,24H2,1-2H3,(H,31,32). The molecule has 0 saturated heterocycles. The van der Waals surface area contributed by atoms with Crippen molar-refractivity contribution in [3.8, 4) is 5.75 Å². The molecular formula is C29H44N2O2. The first kappa shape index (κ1) is 26.9. The Morgan fingerprint density at radius 3 is 2.12 bits per heavy atom. The normalized spacial score (nSPS) is 10.8. The molecule has 2 N–H and O–H groups in total. The summed E-state index contributed by atoms with van der Waals surface area (Å²) in [5.74, 6) is 0.929. The van der Waals surface area contributed by atoms with Gasteiger partial charge in [0, 0.05) is 18.7 Å². The number of unbranched alkanes of at least 4 members (excludes halogenated alkanes) is 9. The van der Waals surface area contributed by atoms with E-state index in [4.69, 9.17) is 4.74 Å². The second kappa shape index (κ2) is 17.2. The molecule has 0 aliphatic carbocycles. The Morgan fingerprint density at radius 1 is 0.788 bits per heavy atom. The molecule has 0 bridgehead atoms. The van der Waals surface area contributed by atoms with Crippen LogP contribution in [0.15, 0.2) is 48.5 Å². The van der Waals surface area contributed by atoms with Crippen molar-refractivity contribution in [2.75, 3.05) is 20.2 Å². The van der Waals surface area contributed by atoms with Crippen molar-refractivity contribution in [1.29, 1.82) is 0 Å². The van der Waals surface area contributed by atoms with Crippen LogP contribution >= 0.6 is 0 Å². The highest BCUT2D eigenvalue weighted by molar-refractivity contribution is 5.94. The van der Waals surface area contributed by atoms with Gasteiger partial charge in [0.2, 0.25) is 0 Å². The summed E-state index contributed by atoms with van der Waals surface area (Å²) in [5, 5.41) is 6.53. The van der Waals surface area contributed by atoms with Gasteiger partial charge in [-0.05, 0) is 54.8 Å². The molecule has 33 heavy (non-hydrogen) atoms. The van der Waals surface area contributed by atoms with Gasteiger partial charge in [0.05, 0.1) is 7.11 Å². The van der Waals surface area contributed by atoms with E-state index in [0.29, 0.717) is 0 Å². The summed E-state index contributed by atoms with van der Waals surface area (Å²) in [5.41, 5.74) is 3.19. The molecule has 0 fully saturated rings. The molecule has 4 nitrogen and oxygen atoms in total. The van der Waals surface area contributed by atoms with E-state index in [1.807, 2.05) is 36.4 Å². The Hall–Kier alpha value is -2.33. The monoisotopic (exact) mass is 452 g/mol. The molecule has 2 rings (SSSR count). The third-order valence-electron chi connectivity index (χ3n) is 6.09. The maximum atomic E-state index is 12.3. The van der Waals surface area contributed by atoms with Crippen LogP contribution < -0.4 is 15.4 Å². The first-order valence-electron chi connectivity index (χ1n) is 12.9. The van der Waals surface area contributed by atoms with Crippen molar-refractivity contribution in [3.63, 3.8) is 0 Å². The van der Waals surface area contributed by atoms with Crippen molar-refractivity contribution in [3.05, 3.63) is 65.2 Å². The van der Waals surface area contributed by atoms with E-state index in [9.17, 15) is 4.79 Å². The van der Waals surface area contributed by atoms with Gasteiger partial charge >= 0.3 is 0 Å². The fourth-order valence-corrected chi connectivity index (χ4v) is 3.98. The summed E-state index contributed by atoms with van der Waals surface area (Å²) < 4.78 is 5.27. The lowest BCUT2D eigenvalue weighted by molar-refractivity contribution is 0.0953. The van der Waals surface area contributed by atoms with Gasteiger partial charge in [0.1, 0.15) is 5.75 Å². The van der Waals surface area contributed by atoms with Crippen LogP contribution in [0.5, 0.6) is 5.75 Å². The Balaban J connectivity index is 1.52. The number of carbonyl (C=O) groups excluding carboxylic acids is 1. The maximum Gasteiger partial charge on any atom is 0.251 e. The highest BCUT2D eigenvalue weighted by Crippen LogP contribution is 2.13. The van der Waals surface area contributed by atoms with E-state index in [1.54, 1.807) is 7.11 Å². The van der Waals surface area contributed by atoms with Crippen LogP contribution in [0.4, 0.5) is 0 Å². The molecule has 0 spiro atoms. The largest absolute Gasteiger partial charge is 0.497 e. The van der Waals surface area contributed by atoms with Crippen LogP contribution in [0.25, 0.3) is 0 Å². The average molecular weight is 453 g/mol. The minimum Gasteiger partial charge on any atom is -0.497 e. The van der Waals surface area contributed by atoms with Crippen LogP contribution in [-0.2, 0) is 13.0 Å². The van der Waals surface area contributed by atoms with Gasteiger partial charge in [-0.2, -0.15) is 0 Å². The van der Waals surface area contributed by atoms with Gasteiger partial charge in [0.25, 0.3) is 5.91 Å². The molecule has 0 radical (unpaired) electrons. The van der Waals surface area contributed by atoms with Crippen LogP contribution in [0.1, 0.15) is 92.6 Å². The maximum absolute atomic E-state index is 12.3. The predicted octanol–water partition coefficient (Wildman–Crippen LogP) is 6.68. The van der Waals surface area contributed by atoms with Crippen molar-refractivity contribution in [2.24, 2.45) is 0 Å². The number of ether oxygens (including phenoxy) is 1. The Bertz CT molecular complexity index is 773. The molecule has 0 aromatic heterocycles. The summed E-state index contributed by atoms with van der Waals surface area (Å²) in [4.78, 5) is 12.3. The molecule has 0 saturated carbocycles. The fraction of sp³-hybridized carbons (Fsp3) is 0.552. The van der Waals surface area contributed by atoms with E-state index in [2.05, 4.69) is 29.7 Å². The molecule has 2 aromatic carbocycles. The molecule has 182 valence electrons. The van der Waals surface area contributed by atoms with Gasteiger partial charge < -0.3 is 15.4 Å². The van der Waals surface area contributed by atoms with E-state index >= 15 is 0 Å². The predicted molar refractivity (Wildman–Crippen MR) is 139 cm³/mol. The van der Waals surface area contributed by atoms with E-state index in [0.717, 1.165) is 43.8 Å². The van der Waals surface area contributed by atoms with Gasteiger partial charge in [-0.3, -0.25) is 4.79 Å². The Morgan fingerprint density at radius 2 is 1.45 bits per heavy atom. The molecule has 0 heterocycles. The van der Waals surface area contributed by atoms with Gasteiger partial charge in [-0.15, -0.1) is 0 Å². The van der Waals surface area contributed by atoms with Gasteiger partial charge in [-0.25, -0.2) is 0 Å². The van der Waals surface area contributed by atoms with Crippen LogP contribution in [0, 0.1) is 0 Å². The lowest BCUT2D eigenvalue weighted by atomic mass is 10.1. The number of amides is 1. The van der Waals surface area contributed by atoms with Crippen molar-refractivity contribution < 1.29 is 9.53 Å². The summed E-state index contributed by atoms with van der Waals surface area (Å²) >= 11 is 0. The fourth-order valence-electron chi connectivity index (χ4n) is 3.98. The van der Waals surface area contributed by atoms with Crippen LogP contribution in [0.3, 0.4) is 0 Å². The molecule has 0 aliphatic rings. The van der Waals surface area contributed by atoms with Crippen molar-refractivity contribution in [1.82, 2.24) is 10.6 Å². The number of rotatable bonds is 18. The van der Waals surface area contributed by atoms with E-state index in [1.165, 1.54) is 68.9 Å². The number of hydrogen-bond donors (Lipinski definition) is 2. The molecule has 0 aliphatic heterocycles. The molecular weight excluding hydrogens is 408 g/mol. The van der Waals surface area contributed by atoms with Crippen LogP contribution in [-0.4, -0.2) is 26.1 Å². The van der Waals surface area contributed by atoms with Gasteiger partial charge in [0.15, 0.2) is 0 Å². The molecule has 2 aromatic rings. The molecule has 0 unspecified atom stereocenters. The third-order valence-corrected chi connectivity index (χ3v) is 6.09. The second-order valence-electron chi connectivity index (χ2n) is 8.91. The lowest BCUT2D eigenvalue weighted by Gasteiger charge is -2.08. The highest BCUT2D eigenvalue weighted by atomic mass is 16.5. The molecule has 0 atom stereocenters. The first-order chi connectivity index (χ1) is 16.2. The number of benzene rings is 2. The highest BCUT2D eigenvalue weighted by Gasteiger charge is 2.05. The molecule has 1 amide bonds. The smallest absolute Gasteiger partial charge is 0.251 e. The lowest BCUT2D eigenvalue weighted by Crippen LogP contribution is -2.24. The van der Waals surface area contributed by atoms with Crippen molar-refractivity contribution in [2.45, 2.75) is 84.1 Å². The number of carbonyl (C=O) groups is 1. The minimum atomic E-state index is 0.0310. The zero-order valence-corrected chi connectivity index (χ0v) is 20.8. The van der Waals surface area contributed by atoms with E-state index in [-0.39, 0.29) is 5.91 Å². The summed E-state index contributed by atoms with van der Waals surface area (Å²) in [6.07, 6.45) is 14.1. The SMILES string of the molecule is CCCCCCCCCCCCNC(=O)c1ccc(CNCCc2cccc(OC)c2)cc1. The number of hydrogen-bond acceptors (Lipinski definition) is 3. The summed E-state index contributed by atoms with van der Waals surface area (Å²) in [6, 6.07) is 16.1. The third kappa shape index (κ3) is 11.9. The second-order valence-corrected chi connectivity index (χ2v) is 8.91. The minimum absolute atomic E-state index is 0.0310. The van der Waals surface area contributed by atoms with E-state index < -0.39 is 0 Å².